The number of carboxylic acid groups (broad SMARTS) is 1. The Labute approximate surface area is 183 Å². The van der Waals surface area contributed by atoms with Crippen molar-refractivity contribution >= 4 is 34.9 Å². The van der Waals surface area contributed by atoms with Crippen LogP contribution in [0.2, 0.25) is 10.0 Å². The molecule has 0 atom stereocenters. The molecule has 2 N–H and O–H groups in total. The molecule has 0 spiro atoms. The van der Waals surface area contributed by atoms with Crippen molar-refractivity contribution in [3.05, 3.63) is 87.2 Å². The molecule has 156 valence electrons. The van der Waals surface area contributed by atoms with Crippen LogP contribution >= 0.6 is 23.2 Å². The van der Waals surface area contributed by atoms with Crippen molar-refractivity contribution in [2.45, 2.75) is 13.2 Å². The van der Waals surface area contributed by atoms with Gasteiger partial charge in [0.15, 0.2) is 0 Å². The van der Waals surface area contributed by atoms with Crippen LogP contribution in [0.25, 0.3) is 0 Å². The molecule has 3 rings (SSSR count). The topological polar surface area (TPSA) is 67.8 Å². The van der Waals surface area contributed by atoms with Crippen molar-refractivity contribution in [3.63, 3.8) is 0 Å². The van der Waals surface area contributed by atoms with Crippen LogP contribution in [0, 0.1) is 5.82 Å². The van der Waals surface area contributed by atoms with E-state index in [2.05, 4.69) is 5.32 Å². The van der Waals surface area contributed by atoms with Crippen LogP contribution in [-0.2, 0) is 13.2 Å². The van der Waals surface area contributed by atoms with Gasteiger partial charge in [-0.15, -0.1) is 0 Å². The zero-order chi connectivity index (χ0) is 21.7. The highest BCUT2D eigenvalue weighted by molar-refractivity contribution is 6.31. The van der Waals surface area contributed by atoms with Gasteiger partial charge in [0.2, 0.25) is 0 Å². The third-order valence-electron chi connectivity index (χ3n) is 4.37. The van der Waals surface area contributed by atoms with Crippen molar-refractivity contribution in [1.82, 2.24) is 0 Å². The Morgan fingerprint density at radius 2 is 1.87 bits per heavy atom. The number of anilines is 1. The Balaban J connectivity index is 1.81. The zero-order valence-corrected chi connectivity index (χ0v) is 17.4. The van der Waals surface area contributed by atoms with Crippen LogP contribution < -0.4 is 14.8 Å². The van der Waals surface area contributed by atoms with Crippen LogP contribution in [0.4, 0.5) is 10.1 Å². The second-order valence-electron chi connectivity index (χ2n) is 6.31. The molecule has 0 saturated heterocycles. The molecule has 8 heteroatoms. The normalized spacial score (nSPS) is 10.5. The Kier molecular flexibility index (Phi) is 7.03. The Morgan fingerprint density at radius 3 is 2.57 bits per heavy atom. The lowest BCUT2D eigenvalue weighted by atomic mass is 10.1. The van der Waals surface area contributed by atoms with Crippen LogP contribution in [-0.4, -0.2) is 18.2 Å². The highest BCUT2D eigenvalue weighted by Crippen LogP contribution is 2.30. The van der Waals surface area contributed by atoms with E-state index in [0.717, 1.165) is 0 Å². The summed E-state index contributed by atoms with van der Waals surface area (Å²) in [5.41, 5.74) is 1.57. The first kappa shape index (κ1) is 21.7. The highest BCUT2D eigenvalue weighted by atomic mass is 35.5. The van der Waals surface area contributed by atoms with Gasteiger partial charge in [-0.05, 0) is 48.5 Å². The number of carboxylic acids is 1. The van der Waals surface area contributed by atoms with Crippen LogP contribution in [0.15, 0.2) is 54.6 Å². The quantitative estimate of drug-likeness (QED) is 0.439. The predicted molar refractivity (Wildman–Crippen MR) is 114 cm³/mol. The second kappa shape index (κ2) is 9.69. The van der Waals surface area contributed by atoms with Crippen molar-refractivity contribution in [1.29, 1.82) is 0 Å². The average Bonchev–Trinajstić information content (AvgIpc) is 2.72. The number of methoxy groups -OCH3 is 1. The molecule has 3 aromatic carbocycles. The van der Waals surface area contributed by atoms with Gasteiger partial charge in [-0.25, -0.2) is 9.18 Å². The second-order valence-corrected chi connectivity index (χ2v) is 7.16. The van der Waals surface area contributed by atoms with E-state index in [0.29, 0.717) is 27.8 Å². The number of hydrogen-bond acceptors (Lipinski definition) is 4. The minimum absolute atomic E-state index is 0.0576. The summed E-state index contributed by atoms with van der Waals surface area (Å²) >= 11 is 12.2. The number of hydrogen-bond donors (Lipinski definition) is 2. The molecular formula is C22H18Cl2FNO4. The van der Waals surface area contributed by atoms with E-state index in [-0.39, 0.29) is 29.3 Å². The standard InChI is InChI=1S/C22H18Cl2FNO4/c1-29-21-7-5-13(22(27)28)10-19(21)26-11-14-9-15(23)6-8-20(14)30-12-16-17(24)3-2-4-18(16)25/h2-10,26H,11-12H2,1H3,(H,27,28). The van der Waals surface area contributed by atoms with E-state index >= 15 is 0 Å². The van der Waals surface area contributed by atoms with E-state index in [1.54, 1.807) is 30.3 Å². The largest absolute Gasteiger partial charge is 0.495 e. The number of aromatic carboxylic acids is 1. The summed E-state index contributed by atoms with van der Waals surface area (Å²) < 4.78 is 25.1. The molecule has 0 bridgehead atoms. The maximum absolute atomic E-state index is 14.0. The summed E-state index contributed by atoms with van der Waals surface area (Å²) in [7, 11) is 1.49. The molecule has 30 heavy (non-hydrogen) atoms. The first-order valence-electron chi connectivity index (χ1n) is 8.88. The van der Waals surface area contributed by atoms with E-state index in [1.165, 1.54) is 31.4 Å². The molecular weight excluding hydrogens is 432 g/mol. The SMILES string of the molecule is COc1ccc(C(=O)O)cc1NCc1cc(Cl)ccc1OCc1c(F)cccc1Cl. The van der Waals surface area contributed by atoms with Gasteiger partial charge < -0.3 is 19.9 Å². The van der Waals surface area contributed by atoms with E-state index in [1.807, 2.05) is 0 Å². The molecule has 3 aromatic rings. The van der Waals surface area contributed by atoms with Gasteiger partial charge in [0, 0.05) is 22.7 Å². The summed E-state index contributed by atoms with van der Waals surface area (Å²) in [4.78, 5) is 11.3. The van der Waals surface area contributed by atoms with E-state index in [4.69, 9.17) is 32.7 Å². The summed E-state index contributed by atoms with van der Waals surface area (Å²) in [6, 6.07) is 14.0. The number of carbonyl (C=O) groups is 1. The van der Waals surface area contributed by atoms with Crippen molar-refractivity contribution in [2.24, 2.45) is 0 Å². The predicted octanol–water partition coefficient (Wildman–Crippen LogP) is 6.03. The molecule has 0 fully saturated rings. The molecule has 0 aromatic heterocycles. The Bertz CT molecular complexity index is 1050. The summed E-state index contributed by atoms with van der Waals surface area (Å²) in [5.74, 6) is -0.525. The summed E-state index contributed by atoms with van der Waals surface area (Å²) in [5, 5.41) is 13.1. The maximum atomic E-state index is 14.0. The monoisotopic (exact) mass is 449 g/mol. The summed E-state index contributed by atoms with van der Waals surface area (Å²) in [6.07, 6.45) is 0. The van der Waals surface area contributed by atoms with Crippen LogP contribution in [0.1, 0.15) is 21.5 Å². The number of ether oxygens (including phenoxy) is 2. The van der Waals surface area contributed by atoms with Gasteiger partial charge in [-0.3, -0.25) is 0 Å². The molecule has 0 radical (unpaired) electrons. The number of rotatable bonds is 8. The molecule has 0 amide bonds. The van der Waals surface area contributed by atoms with Crippen molar-refractivity contribution in [2.75, 3.05) is 12.4 Å². The maximum Gasteiger partial charge on any atom is 0.335 e. The van der Waals surface area contributed by atoms with Gasteiger partial charge >= 0.3 is 5.97 Å². The van der Waals surface area contributed by atoms with E-state index in [9.17, 15) is 14.3 Å². The summed E-state index contributed by atoms with van der Waals surface area (Å²) in [6.45, 7) is 0.207. The molecule has 5 nitrogen and oxygen atoms in total. The molecule has 0 aliphatic heterocycles. The third-order valence-corrected chi connectivity index (χ3v) is 4.96. The molecule has 0 unspecified atom stereocenters. The van der Waals surface area contributed by atoms with Crippen LogP contribution in [0.3, 0.4) is 0 Å². The third kappa shape index (κ3) is 5.14. The average molecular weight is 450 g/mol. The number of halogens is 3. The van der Waals surface area contributed by atoms with Gasteiger partial charge in [0.1, 0.15) is 23.9 Å². The molecule has 0 aliphatic carbocycles. The fraction of sp³-hybridized carbons (Fsp3) is 0.136. The van der Waals surface area contributed by atoms with E-state index < -0.39 is 11.8 Å². The minimum atomic E-state index is -1.05. The fourth-order valence-corrected chi connectivity index (χ4v) is 3.23. The zero-order valence-electron chi connectivity index (χ0n) is 15.9. The number of nitrogens with one attached hydrogen (secondary N) is 1. The van der Waals surface area contributed by atoms with Crippen LogP contribution in [0.5, 0.6) is 11.5 Å². The van der Waals surface area contributed by atoms with Gasteiger partial charge in [0.05, 0.1) is 23.4 Å². The minimum Gasteiger partial charge on any atom is -0.495 e. The first-order valence-corrected chi connectivity index (χ1v) is 9.64. The molecule has 0 aliphatic rings. The fourth-order valence-electron chi connectivity index (χ4n) is 2.82. The highest BCUT2D eigenvalue weighted by Gasteiger charge is 2.13. The van der Waals surface area contributed by atoms with Gasteiger partial charge in [-0.1, -0.05) is 29.3 Å². The lowest BCUT2D eigenvalue weighted by Gasteiger charge is -2.16. The Hall–Kier alpha value is -2.96. The first-order chi connectivity index (χ1) is 14.4. The van der Waals surface area contributed by atoms with Crippen molar-refractivity contribution in [3.8, 4) is 11.5 Å². The molecule has 0 heterocycles. The smallest absolute Gasteiger partial charge is 0.335 e. The Morgan fingerprint density at radius 1 is 1.10 bits per heavy atom. The molecule has 0 saturated carbocycles. The van der Waals surface area contributed by atoms with Gasteiger partial charge in [0.25, 0.3) is 0 Å². The van der Waals surface area contributed by atoms with Crippen molar-refractivity contribution < 1.29 is 23.8 Å². The lowest BCUT2D eigenvalue weighted by molar-refractivity contribution is 0.0697. The number of benzene rings is 3. The van der Waals surface area contributed by atoms with Gasteiger partial charge in [-0.2, -0.15) is 0 Å². The lowest BCUT2D eigenvalue weighted by Crippen LogP contribution is -2.07.